The van der Waals surface area contributed by atoms with Gasteiger partial charge in [0.15, 0.2) is 5.17 Å². The number of hydrogen-bond donors (Lipinski definition) is 1. The maximum atomic E-state index is 5.72. The van der Waals surface area contributed by atoms with Crippen molar-refractivity contribution in [1.82, 2.24) is 10.2 Å². The minimum absolute atomic E-state index is 0. The van der Waals surface area contributed by atoms with Gasteiger partial charge in [-0.25, -0.2) is 4.99 Å². The Morgan fingerprint density at radius 2 is 2.10 bits per heavy atom. The van der Waals surface area contributed by atoms with Gasteiger partial charge in [-0.15, -0.1) is 24.0 Å². The molecule has 5 nitrogen and oxygen atoms in total. The summed E-state index contributed by atoms with van der Waals surface area (Å²) in [5.74, 6) is 0.729. The van der Waals surface area contributed by atoms with Gasteiger partial charge in [-0.2, -0.15) is 10.2 Å². The van der Waals surface area contributed by atoms with Gasteiger partial charge in [-0.1, -0.05) is 11.8 Å². The van der Waals surface area contributed by atoms with Crippen molar-refractivity contribution in [2.45, 2.75) is 6.92 Å². The standard InChI is InChI=1S/C14H16N4OS.HI/c1-9-6-10(8-16-18-9)12-5-4-11(7-13(12)19-2)17-14(15)20-3;/h4-8H,1-3H3,(H2,15,17);1H. The zero-order valence-electron chi connectivity index (χ0n) is 12.0. The first-order chi connectivity index (χ1) is 9.63. The summed E-state index contributed by atoms with van der Waals surface area (Å²) in [6.45, 7) is 1.90. The van der Waals surface area contributed by atoms with Crippen LogP contribution in [0.25, 0.3) is 11.1 Å². The van der Waals surface area contributed by atoms with Crippen LogP contribution in [0.1, 0.15) is 5.69 Å². The molecule has 1 aromatic carbocycles. The summed E-state index contributed by atoms with van der Waals surface area (Å²) >= 11 is 1.40. The number of aliphatic imine (C=N–C) groups is 1. The van der Waals surface area contributed by atoms with Crippen molar-refractivity contribution in [1.29, 1.82) is 0 Å². The Bertz CT molecular complexity index is 649. The molecule has 0 saturated heterocycles. The van der Waals surface area contributed by atoms with Crippen LogP contribution in [0, 0.1) is 6.92 Å². The predicted octanol–water partition coefficient (Wildman–Crippen LogP) is 3.39. The van der Waals surface area contributed by atoms with Crippen LogP contribution < -0.4 is 10.5 Å². The zero-order valence-corrected chi connectivity index (χ0v) is 15.2. The number of benzene rings is 1. The molecule has 112 valence electrons. The van der Waals surface area contributed by atoms with E-state index in [1.807, 2.05) is 37.4 Å². The summed E-state index contributed by atoms with van der Waals surface area (Å²) in [5.41, 5.74) is 9.25. The van der Waals surface area contributed by atoms with Gasteiger partial charge in [-0.05, 0) is 31.4 Å². The first-order valence-electron chi connectivity index (χ1n) is 6.00. The lowest BCUT2D eigenvalue weighted by atomic mass is 10.1. The van der Waals surface area contributed by atoms with Crippen LogP contribution in [-0.2, 0) is 0 Å². The van der Waals surface area contributed by atoms with Gasteiger partial charge in [0, 0.05) is 17.2 Å². The molecule has 0 spiro atoms. The number of nitrogens with zero attached hydrogens (tertiary/aromatic N) is 3. The summed E-state index contributed by atoms with van der Waals surface area (Å²) in [6, 6.07) is 7.66. The van der Waals surface area contributed by atoms with E-state index in [0.29, 0.717) is 5.17 Å². The third-order valence-electron chi connectivity index (χ3n) is 2.72. The summed E-state index contributed by atoms with van der Waals surface area (Å²) < 4.78 is 5.43. The van der Waals surface area contributed by atoms with E-state index in [4.69, 9.17) is 10.5 Å². The fourth-order valence-corrected chi connectivity index (χ4v) is 1.98. The number of nitrogens with two attached hydrogens (primary N) is 1. The molecule has 0 radical (unpaired) electrons. The second kappa shape index (κ2) is 8.18. The Balaban J connectivity index is 0.00000220. The molecule has 0 aliphatic rings. The minimum Gasteiger partial charge on any atom is -0.496 e. The molecule has 0 atom stereocenters. The van der Waals surface area contributed by atoms with E-state index in [-0.39, 0.29) is 24.0 Å². The highest BCUT2D eigenvalue weighted by Crippen LogP contribution is 2.33. The number of thioether (sulfide) groups is 1. The van der Waals surface area contributed by atoms with Gasteiger partial charge in [0.25, 0.3) is 0 Å². The molecule has 0 aliphatic carbocycles. The molecular weight excluding hydrogens is 399 g/mol. The van der Waals surface area contributed by atoms with Gasteiger partial charge in [0.1, 0.15) is 5.75 Å². The van der Waals surface area contributed by atoms with Crippen molar-refractivity contribution >= 4 is 46.6 Å². The number of halogens is 1. The Labute approximate surface area is 145 Å². The van der Waals surface area contributed by atoms with Crippen molar-refractivity contribution in [3.8, 4) is 16.9 Å². The van der Waals surface area contributed by atoms with Gasteiger partial charge in [0.05, 0.1) is 24.7 Å². The number of aromatic nitrogens is 2. The van der Waals surface area contributed by atoms with E-state index in [1.54, 1.807) is 13.3 Å². The van der Waals surface area contributed by atoms with E-state index in [9.17, 15) is 0 Å². The topological polar surface area (TPSA) is 73.4 Å². The third kappa shape index (κ3) is 4.57. The highest BCUT2D eigenvalue weighted by Gasteiger charge is 2.08. The minimum atomic E-state index is 0. The van der Waals surface area contributed by atoms with E-state index < -0.39 is 0 Å². The Morgan fingerprint density at radius 3 is 2.71 bits per heavy atom. The molecule has 1 heterocycles. The second-order valence-corrected chi connectivity index (χ2v) is 4.95. The van der Waals surface area contributed by atoms with Crippen molar-refractivity contribution in [3.63, 3.8) is 0 Å². The number of hydrogen-bond acceptors (Lipinski definition) is 5. The predicted molar refractivity (Wildman–Crippen MR) is 99.0 cm³/mol. The quantitative estimate of drug-likeness (QED) is 0.472. The molecule has 0 saturated carbocycles. The molecule has 0 amide bonds. The van der Waals surface area contributed by atoms with Crippen molar-refractivity contribution in [3.05, 3.63) is 36.2 Å². The summed E-state index contributed by atoms with van der Waals surface area (Å²) in [7, 11) is 1.63. The van der Waals surface area contributed by atoms with Crippen LogP contribution in [0.2, 0.25) is 0 Å². The maximum absolute atomic E-state index is 5.72. The average Bonchev–Trinajstić information content (AvgIpc) is 2.47. The maximum Gasteiger partial charge on any atom is 0.158 e. The molecule has 0 bridgehead atoms. The number of ether oxygens (including phenoxy) is 1. The van der Waals surface area contributed by atoms with Crippen LogP contribution >= 0.6 is 35.7 Å². The van der Waals surface area contributed by atoms with Gasteiger partial charge in [0.2, 0.25) is 0 Å². The van der Waals surface area contributed by atoms with E-state index in [0.717, 1.165) is 28.3 Å². The number of aryl methyl sites for hydroxylation is 1. The van der Waals surface area contributed by atoms with Crippen LogP contribution in [0.15, 0.2) is 35.5 Å². The van der Waals surface area contributed by atoms with E-state index in [2.05, 4.69) is 15.2 Å². The molecule has 21 heavy (non-hydrogen) atoms. The highest BCUT2D eigenvalue weighted by atomic mass is 127. The Morgan fingerprint density at radius 1 is 1.33 bits per heavy atom. The molecule has 2 aromatic rings. The highest BCUT2D eigenvalue weighted by molar-refractivity contribution is 14.0. The monoisotopic (exact) mass is 416 g/mol. The fraction of sp³-hybridized carbons (Fsp3) is 0.214. The van der Waals surface area contributed by atoms with Gasteiger partial charge < -0.3 is 10.5 Å². The second-order valence-electron chi connectivity index (χ2n) is 4.12. The molecule has 7 heteroatoms. The Kier molecular flexibility index (Phi) is 6.90. The molecule has 0 unspecified atom stereocenters. The van der Waals surface area contributed by atoms with Crippen molar-refractivity contribution in [2.75, 3.05) is 13.4 Å². The van der Waals surface area contributed by atoms with Crippen LogP contribution in [-0.4, -0.2) is 28.7 Å². The molecule has 2 N–H and O–H groups in total. The van der Waals surface area contributed by atoms with Crippen molar-refractivity contribution < 1.29 is 4.74 Å². The average molecular weight is 416 g/mol. The number of amidine groups is 1. The lowest BCUT2D eigenvalue weighted by Crippen LogP contribution is -2.04. The summed E-state index contributed by atoms with van der Waals surface area (Å²) in [4.78, 5) is 4.29. The largest absolute Gasteiger partial charge is 0.496 e. The molecule has 1 aromatic heterocycles. The van der Waals surface area contributed by atoms with Crippen molar-refractivity contribution in [2.24, 2.45) is 10.7 Å². The third-order valence-corrected chi connectivity index (χ3v) is 3.23. The molecular formula is C14H17IN4OS. The SMILES string of the molecule is COc1cc(N=C(N)SC)ccc1-c1cnnc(C)c1.I. The molecule has 2 rings (SSSR count). The van der Waals surface area contributed by atoms with Crippen LogP contribution in [0.4, 0.5) is 5.69 Å². The number of rotatable bonds is 3. The van der Waals surface area contributed by atoms with Crippen LogP contribution in [0.3, 0.4) is 0 Å². The lowest BCUT2D eigenvalue weighted by molar-refractivity contribution is 0.416. The number of methoxy groups -OCH3 is 1. The summed E-state index contributed by atoms with van der Waals surface area (Å²) in [6.07, 6.45) is 3.60. The lowest BCUT2D eigenvalue weighted by Gasteiger charge is -2.09. The van der Waals surface area contributed by atoms with E-state index in [1.165, 1.54) is 11.8 Å². The van der Waals surface area contributed by atoms with E-state index >= 15 is 0 Å². The normalized spacial score (nSPS) is 10.9. The summed E-state index contributed by atoms with van der Waals surface area (Å²) in [5, 5.41) is 8.44. The molecule has 0 fully saturated rings. The first kappa shape index (κ1) is 17.7. The van der Waals surface area contributed by atoms with Gasteiger partial charge in [-0.3, -0.25) is 0 Å². The smallest absolute Gasteiger partial charge is 0.158 e. The first-order valence-corrected chi connectivity index (χ1v) is 7.22. The zero-order chi connectivity index (χ0) is 14.5. The fourth-order valence-electron chi connectivity index (χ4n) is 1.78. The van der Waals surface area contributed by atoms with Crippen LogP contribution in [0.5, 0.6) is 5.75 Å². The van der Waals surface area contributed by atoms with Gasteiger partial charge >= 0.3 is 0 Å². The molecule has 0 aliphatic heterocycles. The Hall–Kier alpha value is -1.35.